The Balaban J connectivity index is 1.90. The lowest BCUT2D eigenvalue weighted by atomic mass is 9.68. The first-order valence-electron chi connectivity index (χ1n) is 5.40. The van der Waals surface area contributed by atoms with E-state index in [1.165, 1.54) is 25.7 Å². The maximum absolute atomic E-state index is 3.84. The molecule has 1 unspecified atom stereocenters. The van der Waals surface area contributed by atoms with E-state index in [9.17, 15) is 0 Å². The highest BCUT2D eigenvalue weighted by Crippen LogP contribution is 2.76. The Morgan fingerprint density at radius 1 is 1.07 bits per heavy atom. The van der Waals surface area contributed by atoms with Crippen LogP contribution in [0.15, 0.2) is 24.3 Å². The van der Waals surface area contributed by atoms with Crippen LogP contribution in [-0.2, 0) is 0 Å². The molecule has 2 fully saturated rings. The summed E-state index contributed by atoms with van der Waals surface area (Å²) in [6.07, 6.45) is 14.7. The monoisotopic (exact) mass is 316 g/mol. The van der Waals surface area contributed by atoms with Crippen LogP contribution in [0.25, 0.3) is 0 Å². The molecule has 3 aliphatic carbocycles. The summed E-state index contributed by atoms with van der Waals surface area (Å²) in [7, 11) is 0. The molecule has 0 aromatic heterocycles. The molecule has 3 aliphatic rings. The van der Waals surface area contributed by atoms with Crippen LogP contribution in [-0.4, -0.2) is 3.23 Å². The number of halogens is 2. The summed E-state index contributed by atoms with van der Waals surface area (Å²) in [5.74, 6) is 1.59. The summed E-state index contributed by atoms with van der Waals surface area (Å²) in [5.41, 5.74) is 0.481. The molecule has 2 saturated carbocycles. The molecular formula is C12H14Br2. The summed E-state index contributed by atoms with van der Waals surface area (Å²) < 4.78 is 0.224. The molecule has 0 bridgehead atoms. The molecule has 0 radical (unpaired) electrons. The first-order chi connectivity index (χ1) is 6.67. The minimum absolute atomic E-state index is 0.224. The smallest absolute Gasteiger partial charge is 0.0770 e. The molecule has 76 valence electrons. The standard InChI is InChI=1S/C12H14Br2/c13-12(14)8-11(12,10-6-3-7-10)9-4-1-2-5-9/h1-2,4-5,9-10H,3,6-8H2. The first-order valence-corrected chi connectivity index (χ1v) is 6.98. The minimum Gasteiger partial charge on any atom is -0.0770 e. The molecule has 0 spiro atoms. The molecule has 1 atom stereocenters. The third kappa shape index (κ3) is 1.10. The maximum Gasteiger partial charge on any atom is 0.0880 e. The zero-order valence-corrected chi connectivity index (χ0v) is 11.2. The van der Waals surface area contributed by atoms with Gasteiger partial charge in [-0.25, -0.2) is 0 Å². The predicted molar refractivity (Wildman–Crippen MR) is 66.7 cm³/mol. The SMILES string of the molecule is BrC1(Br)CC1(C1C=CC=C1)C1CCC1. The fourth-order valence-electron chi connectivity index (χ4n) is 3.10. The van der Waals surface area contributed by atoms with Gasteiger partial charge in [-0.3, -0.25) is 0 Å². The largest absolute Gasteiger partial charge is 0.0880 e. The van der Waals surface area contributed by atoms with Gasteiger partial charge < -0.3 is 0 Å². The van der Waals surface area contributed by atoms with Crippen molar-refractivity contribution in [3.63, 3.8) is 0 Å². The maximum atomic E-state index is 3.84. The number of hydrogen-bond acceptors (Lipinski definition) is 0. The Kier molecular flexibility index (Phi) is 2.05. The minimum atomic E-state index is 0.224. The van der Waals surface area contributed by atoms with Gasteiger partial charge in [-0.05, 0) is 25.2 Å². The molecule has 14 heavy (non-hydrogen) atoms. The van der Waals surface area contributed by atoms with Crippen LogP contribution in [0.4, 0.5) is 0 Å². The van der Waals surface area contributed by atoms with Crippen LogP contribution >= 0.6 is 31.9 Å². The van der Waals surface area contributed by atoms with Crippen LogP contribution in [0.5, 0.6) is 0 Å². The number of hydrogen-bond donors (Lipinski definition) is 0. The summed E-state index contributed by atoms with van der Waals surface area (Å²) in [5, 5.41) is 0. The van der Waals surface area contributed by atoms with Gasteiger partial charge in [-0.1, -0.05) is 62.6 Å². The van der Waals surface area contributed by atoms with E-state index in [0.717, 1.165) is 5.92 Å². The van der Waals surface area contributed by atoms with E-state index in [0.29, 0.717) is 11.3 Å². The van der Waals surface area contributed by atoms with E-state index in [-0.39, 0.29) is 3.23 Å². The molecule has 3 rings (SSSR count). The number of rotatable bonds is 2. The topological polar surface area (TPSA) is 0 Å². The van der Waals surface area contributed by atoms with Crippen molar-refractivity contribution in [2.24, 2.45) is 17.3 Å². The molecule has 0 aromatic rings. The summed E-state index contributed by atoms with van der Waals surface area (Å²) in [6.45, 7) is 0. The fourth-order valence-corrected chi connectivity index (χ4v) is 5.20. The van der Waals surface area contributed by atoms with Gasteiger partial charge in [0.2, 0.25) is 0 Å². The zero-order chi connectivity index (χ0) is 9.81. The third-order valence-electron chi connectivity index (χ3n) is 4.25. The lowest BCUT2D eigenvalue weighted by Crippen LogP contribution is -2.32. The Bertz CT molecular complexity index is 300. The van der Waals surface area contributed by atoms with E-state index in [1.54, 1.807) is 0 Å². The van der Waals surface area contributed by atoms with E-state index in [4.69, 9.17) is 0 Å². The average Bonchev–Trinajstić information content (AvgIpc) is 2.51. The molecule has 2 heteroatoms. The van der Waals surface area contributed by atoms with Crippen molar-refractivity contribution in [3.05, 3.63) is 24.3 Å². The Labute approximate surface area is 102 Å². The molecule has 0 amide bonds. The molecule has 0 aromatic carbocycles. The Morgan fingerprint density at radius 2 is 1.64 bits per heavy atom. The number of alkyl halides is 2. The average molecular weight is 318 g/mol. The van der Waals surface area contributed by atoms with E-state index in [1.807, 2.05) is 0 Å². The number of allylic oxidation sites excluding steroid dienone is 4. The van der Waals surface area contributed by atoms with Gasteiger partial charge in [0.25, 0.3) is 0 Å². The van der Waals surface area contributed by atoms with Crippen molar-refractivity contribution >= 4 is 31.9 Å². The van der Waals surface area contributed by atoms with E-state index < -0.39 is 0 Å². The van der Waals surface area contributed by atoms with Crippen molar-refractivity contribution in [2.45, 2.75) is 28.9 Å². The Hall–Kier alpha value is 0.440. The van der Waals surface area contributed by atoms with Gasteiger partial charge >= 0.3 is 0 Å². The van der Waals surface area contributed by atoms with Crippen LogP contribution in [0.1, 0.15) is 25.7 Å². The van der Waals surface area contributed by atoms with Gasteiger partial charge in [-0.2, -0.15) is 0 Å². The highest BCUT2D eigenvalue weighted by Gasteiger charge is 2.71. The lowest BCUT2D eigenvalue weighted by Gasteiger charge is -2.38. The van der Waals surface area contributed by atoms with Gasteiger partial charge in [0.05, 0.1) is 3.23 Å². The predicted octanol–water partition coefficient (Wildman–Crippen LogP) is 4.40. The van der Waals surface area contributed by atoms with Crippen molar-refractivity contribution < 1.29 is 0 Å². The lowest BCUT2D eigenvalue weighted by molar-refractivity contribution is 0.160. The van der Waals surface area contributed by atoms with E-state index >= 15 is 0 Å². The summed E-state index contributed by atoms with van der Waals surface area (Å²) in [6, 6.07) is 0. The molecule has 0 aliphatic heterocycles. The second-order valence-electron chi connectivity index (χ2n) is 4.85. The van der Waals surface area contributed by atoms with Crippen molar-refractivity contribution in [3.8, 4) is 0 Å². The van der Waals surface area contributed by atoms with Crippen molar-refractivity contribution in [1.29, 1.82) is 0 Å². The molecule has 0 saturated heterocycles. The molecule has 0 N–H and O–H groups in total. The first kappa shape index (κ1) is 9.65. The molecule has 0 heterocycles. The fraction of sp³-hybridized carbons (Fsp3) is 0.667. The van der Waals surface area contributed by atoms with Crippen LogP contribution in [0.3, 0.4) is 0 Å². The highest BCUT2D eigenvalue weighted by molar-refractivity contribution is 9.25. The van der Waals surface area contributed by atoms with Crippen LogP contribution in [0, 0.1) is 17.3 Å². The second-order valence-corrected chi connectivity index (χ2v) is 8.62. The quantitative estimate of drug-likeness (QED) is 0.662. The second kappa shape index (κ2) is 2.98. The molecule has 0 nitrogen and oxygen atoms in total. The van der Waals surface area contributed by atoms with Crippen molar-refractivity contribution in [2.75, 3.05) is 0 Å². The Morgan fingerprint density at radius 3 is 2.00 bits per heavy atom. The molecular weight excluding hydrogens is 304 g/mol. The van der Waals surface area contributed by atoms with Gasteiger partial charge in [0, 0.05) is 11.3 Å². The van der Waals surface area contributed by atoms with E-state index in [2.05, 4.69) is 56.2 Å². The van der Waals surface area contributed by atoms with Gasteiger partial charge in [0.15, 0.2) is 0 Å². The normalized spacial score (nSPS) is 40.1. The van der Waals surface area contributed by atoms with Gasteiger partial charge in [0.1, 0.15) is 0 Å². The van der Waals surface area contributed by atoms with Crippen molar-refractivity contribution in [1.82, 2.24) is 0 Å². The third-order valence-corrected chi connectivity index (χ3v) is 6.28. The van der Waals surface area contributed by atoms with Crippen LogP contribution in [0.2, 0.25) is 0 Å². The summed E-state index contributed by atoms with van der Waals surface area (Å²) >= 11 is 7.69. The highest BCUT2D eigenvalue weighted by atomic mass is 79.9. The summed E-state index contributed by atoms with van der Waals surface area (Å²) in [4.78, 5) is 0. The van der Waals surface area contributed by atoms with Crippen LogP contribution < -0.4 is 0 Å². The zero-order valence-electron chi connectivity index (χ0n) is 8.05. The van der Waals surface area contributed by atoms with Gasteiger partial charge in [-0.15, -0.1) is 0 Å².